The molecule has 2 N–H and O–H groups in total. The maximum atomic E-state index is 9.25. The Bertz CT molecular complexity index is 1100. The fraction of sp³-hybridized carbons (Fsp3) is 0.0476. The molecule has 0 aliphatic carbocycles. The highest BCUT2D eigenvalue weighted by atomic mass is 32.1. The SMILES string of the molecule is N#Cc1ccccc1COc1nc(-c2cccs2)cc(-c2ccco2)c1N. The molecule has 27 heavy (non-hydrogen) atoms. The molecule has 0 amide bonds. The third kappa shape index (κ3) is 3.41. The lowest BCUT2D eigenvalue weighted by Crippen LogP contribution is -2.04. The van der Waals surface area contributed by atoms with Gasteiger partial charge in [-0.1, -0.05) is 24.3 Å². The summed E-state index contributed by atoms with van der Waals surface area (Å²) < 4.78 is 11.4. The summed E-state index contributed by atoms with van der Waals surface area (Å²) in [5.41, 5.74) is 9.55. The third-order valence-corrected chi connectivity index (χ3v) is 4.98. The fourth-order valence-corrected chi connectivity index (χ4v) is 3.42. The van der Waals surface area contributed by atoms with Crippen LogP contribution in [0.4, 0.5) is 5.69 Å². The van der Waals surface area contributed by atoms with Gasteiger partial charge in [-0.15, -0.1) is 11.3 Å². The molecule has 0 bridgehead atoms. The number of furan rings is 1. The summed E-state index contributed by atoms with van der Waals surface area (Å²) in [5, 5.41) is 11.2. The molecule has 0 spiro atoms. The number of ether oxygens (including phenoxy) is 1. The molecule has 0 radical (unpaired) electrons. The average molecular weight is 373 g/mol. The van der Waals surface area contributed by atoms with Crippen LogP contribution in [-0.4, -0.2) is 4.98 Å². The van der Waals surface area contributed by atoms with Crippen LogP contribution in [0.15, 0.2) is 70.7 Å². The Kier molecular flexibility index (Phi) is 4.60. The minimum atomic E-state index is 0.201. The molecule has 4 aromatic rings. The Balaban J connectivity index is 1.74. The molecular weight excluding hydrogens is 358 g/mol. The van der Waals surface area contributed by atoms with Crippen molar-refractivity contribution in [1.29, 1.82) is 5.26 Å². The standard InChI is InChI=1S/C21H15N3O2S/c22-12-14-5-1-2-6-15(14)13-26-21-20(23)16(18-7-3-9-25-18)11-17(24-21)19-8-4-10-27-19/h1-11H,13,23H2. The van der Waals surface area contributed by atoms with Crippen molar-refractivity contribution in [2.45, 2.75) is 6.61 Å². The van der Waals surface area contributed by atoms with Crippen LogP contribution >= 0.6 is 11.3 Å². The van der Waals surface area contributed by atoms with Crippen molar-refractivity contribution in [3.63, 3.8) is 0 Å². The van der Waals surface area contributed by atoms with E-state index in [1.165, 1.54) is 0 Å². The maximum Gasteiger partial charge on any atom is 0.238 e. The van der Waals surface area contributed by atoms with E-state index in [4.69, 9.17) is 14.9 Å². The van der Waals surface area contributed by atoms with Gasteiger partial charge in [-0.3, -0.25) is 0 Å². The molecule has 132 valence electrons. The van der Waals surface area contributed by atoms with E-state index in [1.807, 2.05) is 53.9 Å². The molecular formula is C21H15N3O2S. The van der Waals surface area contributed by atoms with Gasteiger partial charge in [-0.25, -0.2) is 4.98 Å². The lowest BCUT2D eigenvalue weighted by molar-refractivity contribution is 0.296. The van der Waals surface area contributed by atoms with Crippen molar-refractivity contribution >= 4 is 17.0 Å². The number of nitrogens with zero attached hydrogens (tertiary/aromatic N) is 2. The molecule has 0 aliphatic heterocycles. The van der Waals surface area contributed by atoms with Crippen LogP contribution in [0.1, 0.15) is 11.1 Å². The Labute approximate surface area is 160 Å². The molecule has 6 heteroatoms. The molecule has 0 unspecified atom stereocenters. The largest absolute Gasteiger partial charge is 0.471 e. The van der Waals surface area contributed by atoms with E-state index < -0.39 is 0 Å². The molecule has 0 atom stereocenters. The number of rotatable bonds is 5. The Morgan fingerprint density at radius 2 is 2.04 bits per heavy atom. The molecule has 1 aromatic carbocycles. The second-order valence-electron chi connectivity index (χ2n) is 5.79. The van der Waals surface area contributed by atoms with Crippen LogP contribution in [0.3, 0.4) is 0 Å². The molecule has 3 aromatic heterocycles. The minimum absolute atomic E-state index is 0.201. The van der Waals surface area contributed by atoms with Gasteiger partial charge in [0, 0.05) is 11.1 Å². The van der Waals surface area contributed by atoms with Crippen LogP contribution < -0.4 is 10.5 Å². The van der Waals surface area contributed by atoms with Gasteiger partial charge in [0.15, 0.2) is 0 Å². The number of pyridine rings is 1. The van der Waals surface area contributed by atoms with Crippen LogP contribution in [0, 0.1) is 11.3 Å². The number of nitrogens with two attached hydrogens (primary N) is 1. The van der Waals surface area contributed by atoms with Crippen molar-refractivity contribution in [2.75, 3.05) is 5.73 Å². The predicted molar refractivity (Wildman–Crippen MR) is 105 cm³/mol. The predicted octanol–water partition coefficient (Wildman–Crippen LogP) is 5.10. The van der Waals surface area contributed by atoms with Crippen molar-refractivity contribution in [3.8, 4) is 33.8 Å². The van der Waals surface area contributed by atoms with E-state index in [1.54, 1.807) is 23.7 Å². The topological polar surface area (TPSA) is 85.1 Å². The maximum absolute atomic E-state index is 9.25. The smallest absolute Gasteiger partial charge is 0.238 e. The van der Waals surface area contributed by atoms with E-state index >= 15 is 0 Å². The summed E-state index contributed by atoms with van der Waals surface area (Å²) in [6.07, 6.45) is 1.60. The molecule has 4 rings (SSSR count). The first-order valence-corrected chi connectivity index (χ1v) is 9.13. The first-order chi connectivity index (χ1) is 13.3. The Morgan fingerprint density at radius 3 is 2.78 bits per heavy atom. The minimum Gasteiger partial charge on any atom is -0.471 e. The van der Waals surface area contributed by atoms with Gasteiger partial charge < -0.3 is 14.9 Å². The lowest BCUT2D eigenvalue weighted by Gasteiger charge is -2.13. The van der Waals surface area contributed by atoms with Crippen LogP contribution in [0.25, 0.3) is 21.9 Å². The summed E-state index contributed by atoms with van der Waals surface area (Å²) >= 11 is 1.58. The summed E-state index contributed by atoms with van der Waals surface area (Å²) in [4.78, 5) is 5.60. The molecule has 0 saturated carbocycles. The van der Waals surface area contributed by atoms with Crippen LogP contribution in [0.5, 0.6) is 5.88 Å². The van der Waals surface area contributed by atoms with E-state index in [9.17, 15) is 5.26 Å². The lowest BCUT2D eigenvalue weighted by atomic mass is 10.1. The first kappa shape index (κ1) is 16.9. The summed E-state index contributed by atoms with van der Waals surface area (Å²) in [6, 6.07) is 19.0. The fourth-order valence-electron chi connectivity index (χ4n) is 2.73. The number of benzene rings is 1. The highest BCUT2D eigenvalue weighted by molar-refractivity contribution is 7.13. The number of anilines is 1. The molecule has 0 aliphatic rings. The normalized spacial score (nSPS) is 10.5. The second-order valence-corrected chi connectivity index (χ2v) is 6.73. The van der Waals surface area contributed by atoms with Crippen molar-refractivity contribution in [3.05, 3.63) is 77.4 Å². The van der Waals surface area contributed by atoms with Crippen molar-refractivity contribution < 1.29 is 9.15 Å². The highest BCUT2D eigenvalue weighted by Gasteiger charge is 2.17. The zero-order valence-corrected chi connectivity index (χ0v) is 15.1. The zero-order valence-electron chi connectivity index (χ0n) is 14.3. The molecule has 0 fully saturated rings. The number of nitriles is 1. The summed E-state index contributed by atoms with van der Waals surface area (Å²) in [7, 11) is 0. The van der Waals surface area contributed by atoms with Crippen LogP contribution in [-0.2, 0) is 6.61 Å². The van der Waals surface area contributed by atoms with E-state index in [-0.39, 0.29) is 6.61 Å². The zero-order chi connectivity index (χ0) is 18.6. The van der Waals surface area contributed by atoms with Crippen molar-refractivity contribution in [2.24, 2.45) is 0 Å². The van der Waals surface area contributed by atoms with Gasteiger partial charge >= 0.3 is 0 Å². The Hall–Kier alpha value is -3.56. The number of thiophene rings is 1. The van der Waals surface area contributed by atoms with Gasteiger partial charge in [0.2, 0.25) is 5.88 Å². The quantitative estimate of drug-likeness (QED) is 0.526. The van der Waals surface area contributed by atoms with Gasteiger partial charge in [0.25, 0.3) is 0 Å². The number of hydrogen-bond donors (Lipinski definition) is 1. The van der Waals surface area contributed by atoms with E-state index in [0.717, 1.165) is 21.7 Å². The molecule has 3 heterocycles. The third-order valence-electron chi connectivity index (χ3n) is 4.09. The van der Waals surface area contributed by atoms with Gasteiger partial charge in [0.1, 0.15) is 18.1 Å². The monoisotopic (exact) mass is 373 g/mol. The average Bonchev–Trinajstić information content (AvgIpc) is 3.41. The van der Waals surface area contributed by atoms with Crippen molar-refractivity contribution in [1.82, 2.24) is 4.98 Å². The number of nitrogen functional groups attached to an aromatic ring is 1. The second kappa shape index (κ2) is 7.36. The van der Waals surface area contributed by atoms with E-state index in [0.29, 0.717) is 22.9 Å². The Morgan fingerprint density at radius 1 is 1.15 bits per heavy atom. The van der Waals surface area contributed by atoms with Crippen LogP contribution in [0.2, 0.25) is 0 Å². The molecule has 0 saturated heterocycles. The van der Waals surface area contributed by atoms with E-state index in [2.05, 4.69) is 11.1 Å². The highest BCUT2D eigenvalue weighted by Crippen LogP contribution is 2.37. The summed E-state index contributed by atoms with van der Waals surface area (Å²) in [6.45, 7) is 0.201. The summed E-state index contributed by atoms with van der Waals surface area (Å²) in [5.74, 6) is 0.968. The van der Waals surface area contributed by atoms with Gasteiger partial charge in [-0.2, -0.15) is 5.26 Å². The molecule has 5 nitrogen and oxygen atoms in total. The number of aromatic nitrogens is 1. The first-order valence-electron chi connectivity index (χ1n) is 8.25. The van der Waals surface area contributed by atoms with Gasteiger partial charge in [-0.05, 0) is 35.7 Å². The number of hydrogen-bond acceptors (Lipinski definition) is 6. The van der Waals surface area contributed by atoms with Gasteiger partial charge in [0.05, 0.1) is 28.5 Å².